The Morgan fingerprint density at radius 1 is 1.26 bits per heavy atom. The van der Waals surface area contributed by atoms with Crippen LogP contribution in [0.1, 0.15) is 63.6 Å². The van der Waals surface area contributed by atoms with Crippen molar-refractivity contribution in [1.82, 2.24) is 15.1 Å². The Labute approximate surface area is 181 Å². The summed E-state index contributed by atoms with van der Waals surface area (Å²) in [6, 6.07) is 9.29. The first-order chi connectivity index (χ1) is 14.6. The number of nitrogens with two attached hydrogens (primary N) is 2. The van der Waals surface area contributed by atoms with Crippen LogP contribution < -0.4 is 16.8 Å². The molecule has 1 heterocycles. The molecule has 8 nitrogen and oxygen atoms in total. The summed E-state index contributed by atoms with van der Waals surface area (Å²) in [7, 11) is 0. The van der Waals surface area contributed by atoms with E-state index in [1.807, 2.05) is 20.8 Å². The maximum absolute atomic E-state index is 12.5. The molecule has 31 heavy (non-hydrogen) atoms. The van der Waals surface area contributed by atoms with Crippen LogP contribution in [0.25, 0.3) is 11.3 Å². The van der Waals surface area contributed by atoms with E-state index in [0.29, 0.717) is 22.8 Å². The first-order valence-electron chi connectivity index (χ1n) is 10.3. The lowest BCUT2D eigenvalue weighted by Gasteiger charge is -2.12. The molecule has 5 N–H and O–H groups in total. The molecule has 1 unspecified atom stereocenters. The monoisotopic (exact) mass is 420 g/mol. The zero-order chi connectivity index (χ0) is 22.9. The molecule has 0 saturated heterocycles. The van der Waals surface area contributed by atoms with Crippen LogP contribution in [0.2, 0.25) is 0 Å². The quantitative estimate of drug-likeness (QED) is 0.614. The summed E-state index contributed by atoms with van der Waals surface area (Å²) >= 11 is 0. The molecule has 0 radical (unpaired) electrons. The summed E-state index contributed by atoms with van der Waals surface area (Å²) in [5.41, 5.74) is 14.7. The number of nitrogens with one attached hydrogen (secondary N) is 1. The molecule has 0 spiro atoms. The van der Waals surface area contributed by atoms with Crippen molar-refractivity contribution in [2.45, 2.75) is 52.5 Å². The molecule has 0 bridgehead atoms. The normalized spacial score (nSPS) is 15.9. The third-order valence-corrected chi connectivity index (χ3v) is 5.86. The predicted octanol–water partition coefficient (Wildman–Crippen LogP) is 2.97. The van der Waals surface area contributed by atoms with Crippen molar-refractivity contribution in [3.63, 3.8) is 0 Å². The first kappa shape index (κ1) is 22.1. The van der Waals surface area contributed by atoms with Gasteiger partial charge in [-0.1, -0.05) is 31.2 Å². The van der Waals surface area contributed by atoms with Gasteiger partial charge in [-0.25, -0.2) is 4.68 Å². The van der Waals surface area contributed by atoms with Crippen LogP contribution in [-0.2, 0) is 9.59 Å². The summed E-state index contributed by atoms with van der Waals surface area (Å²) < 4.78 is 1.62. The number of imide groups is 1. The van der Waals surface area contributed by atoms with E-state index in [1.54, 1.807) is 35.9 Å². The van der Waals surface area contributed by atoms with E-state index >= 15 is 0 Å². The second-order valence-electron chi connectivity index (χ2n) is 8.62. The molecular formula is C23H28N6O2. The molecule has 2 aromatic rings. The highest BCUT2D eigenvalue weighted by Gasteiger charge is 2.40. The van der Waals surface area contributed by atoms with E-state index in [9.17, 15) is 14.9 Å². The number of allylic oxidation sites excluding steroid dienone is 1. The number of hydrogen-bond acceptors (Lipinski definition) is 6. The summed E-state index contributed by atoms with van der Waals surface area (Å²) in [6.45, 7) is 7.59. The number of amides is 2. The molecule has 2 amide bonds. The average molecular weight is 421 g/mol. The van der Waals surface area contributed by atoms with Crippen LogP contribution in [0, 0.1) is 16.7 Å². The Morgan fingerprint density at radius 3 is 2.39 bits per heavy atom. The van der Waals surface area contributed by atoms with Crippen LogP contribution >= 0.6 is 0 Å². The maximum Gasteiger partial charge on any atom is 0.252 e. The first-order valence-corrected chi connectivity index (χ1v) is 10.3. The molecule has 1 atom stereocenters. The van der Waals surface area contributed by atoms with Crippen molar-refractivity contribution < 1.29 is 9.59 Å². The van der Waals surface area contributed by atoms with Crippen LogP contribution in [0.5, 0.6) is 0 Å². The molecule has 0 aliphatic heterocycles. The molecule has 1 saturated carbocycles. The molecule has 1 aromatic carbocycles. The number of anilines is 1. The van der Waals surface area contributed by atoms with Crippen LogP contribution in [-0.4, -0.2) is 21.6 Å². The SMILES string of the molecule is CC(C(=O)NC(=O)C=C(N)C1(C)CC1)c1ccc(-c2nn(C(C)C)c(N)c2C#N)cc1. The van der Waals surface area contributed by atoms with Gasteiger partial charge in [0.1, 0.15) is 23.1 Å². The van der Waals surface area contributed by atoms with Crippen molar-refractivity contribution in [2.24, 2.45) is 11.1 Å². The number of aromatic nitrogens is 2. The van der Waals surface area contributed by atoms with Gasteiger partial charge in [0.2, 0.25) is 5.91 Å². The Balaban J connectivity index is 1.74. The minimum atomic E-state index is -0.544. The third kappa shape index (κ3) is 4.45. The molecule has 1 aliphatic rings. The van der Waals surface area contributed by atoms with Crippen molar-refractivity contribution >= 4 is 17.6 Å². The Hall–Kier alpha value is -3.60. The minimum absolute atomic E-state index is 0.0203. The molecule has 8 heteroatoms. The summed E-state index contributed by atoms with van der Waals surface area (Å²) in [6.07, 6.45) is 3.21. The fourth-order valence-corrected chi connectivity index (χ4v) is 3.29. The molecule has 1 aliphatic carbocycles. The van der Waals surface area contributed by atoms with E-state index in [-0.39, 0.29) is 11.5 Å². The maximum atomic E-state index is 12.5. The van der Waals surface area contributed by atoms with Gasteiger partial charge in [0.15, 0.2) is 0 Å². The molecule has 1 fully saturated rings. The highest BCUT2D eigenvalue weighted by molar-refractivity contribution is 6.03. The van der Waals surface area contributed by atoms with Gasteiger partial charge in [-0.3, -0.25) is 14.9 Å². The van der Waals surface area contributed by atoms with E-state index in [2.05, 4.69) is 16.5 Å². The van der Waals surface area contributed by atoms with Gasteiger partial charge in [-0.05, 0) is 39.2 Å². The fraction of sp³-hybridized carbons (Fsp3) is 0.391. The minimum Gasteiger partial charge on any atom is -0.401 e. The van der Waals surface area contributed by atoms with Gasteiger partial charge < -0.3 is 11.5 Å². The van der Waals surface area contributed by atoms with Crippen molar-refractivity contribution in [3.8, 4) is 17.3 Å². The van der Waals surface area contributed by atoms with Crippen LogP contribution in [0.3, 0.4) is 0 Å². The van der Waals surface area contributed by atoms with E-state index in [0.717, 1.165) is 24.0 Å². The largest absolute Gasteiger partial charge is 0.401 e. The third-order valence-electron chi connectivity index (χ3n) is 5.86. The van der Waals surface area contributed by atoms with Gasteiger partial charge in [0.05, 0.1) is 5.92 Å². The van der Waals surface area contributed by atoms with Gasteiger partial charge in [0.25, 0.3) is 5.91 Å². The smallest absolute Gasteiger partial charge is 0.252 e. The van der Waals surface area contributed by atoms with Gasteiger partial charge in [-0.15, -0.1) is 0 Å². The van der Waals surface area contributed by atoms with E-state index in [4.69, 9.17) is 11.5 Å². The van der Waals surface area contributed by atoms with Crippen LogP contribution in [0.4, 0.5) is 5.82 Å². The number of rotatable bonds is 6. The molecular weight excluding hydrogens is 392 g/mol. The van der Waals surface area contributed by atoms with Crippen molar-refractivity contribution in [1.29, 1.82) is 5.26 Å². The number of carbonyl (C=O) groups excluding carboxylic acids is 2. The number of hydrogen-bond donors (Lipinski definition) is 3. The average Bonchev–Trinajstić information content (AvgIpc) is 3.39. The second kappa shape index (κ2) is 8.26. The second-order valence-corrected chi connectivity index (χ2v) is 8.62. The zero-order valence-electron chi connectivity index (χ0n) is 18.3. The summed E-state index contributed by atoms with van der Waals surface area (Å²) in [4.78, 5) is 24.6. The Kier molecular flexibility index (Phi) is 5.89. The number of carbonyl (C=O) groups is 2. The summed E-state index contributed by atoms with van der Waals surface area (Å²) in [5, 5.41) is 16.4. The zero-order valence-corrected chi connectivity index (χ0v) is 18.3. The number of nitrogen functional groups attached to an aromatic ring is 1. The van der Waals surface area contributed by atoms with Crippen LogP contribution in [0.15, 0.2) is 36.0 Å². The van der Waals surface area contributed by atoms with E-state index in [1.165, 1.54) is 6.08 Å². The number of nitriles is 1. The lowest BCUT2D eigenvalue weighted by Crippen LogP contribution is -2.33. The van der Waals surface area contributed by atoms with Gasteiger partial charge in [-0.2, -0.15) is 10.4 Å². The van der Waals surface area contributed by atoms with Gasteiger partial charge >= 0.3 is 0 Å². The lowest BCUT2D eigenvalue weighted by atomic mass is 9.97. The topological polar surface area (TPSA) is 140 Å². The van der Waals surface area contributed by atoms with Crippen molar-refractivity contribution in [2.75, 3.05) is 5.73 Å². The number of benzene rings is 1. The highest BCUT2D eigenvalue weighted by atomic mass is 16.2. The Morgan fingerprint density at radius 2 is 1.87 bits per heavy atom. The summed E-state index contributed by atoms with van der Waals surface area (Å²) in [5.74, 6) is -1.13. The molecule has 1 aromatic heterocycles. The number of nitrogens with zero attached hydrogens (tertiary/aromatic N) is 3. The molecule has 3 rings (SSSR count). The van der Waals surface area contributed by atoms with E-state index < -0.39 is 17.7 Å². The van der Waals surface area contributed by atoms with Gasteiger partial charge in [0, 0.05) is 28.8 Å². The van der Waals surface area contributed by atoms with Crippen molar-refractivity contribution in [3.05, 3.63) is 47.2 Å². The lowest BCUT2D eigenvalue weighted by molar-refractivity contribution is -0.128. The fourth-order valence-electron chi connectivity index (χ4n) is 3.29. The molecule has 162 valence electrons. The predicted molar refractivity (Wildman–Crippen MR) is 118 cm³/mol. The highest BCUT2D eigenvalue weighted by Crippen LogP contribution is 2.49. The Bertz CT molecular complexity index is 1080. The standard InChI is InChI=1S/C23H28N6O2/c1-13(2)29-21(26)17(12-24)20(28-29)16-7-5-15(6-8-16)14(3)22(31)27-19(30)11-18(25)23(4)9-10-23/h5-8,11,13-14H,9-10,25-26H2,1-4H3,(H,27,30,31).